The normalized spacial score (nSPS) is 15.9. The standard InChI is InChI=1S/C17H24N6O/c1-22(2)12-9-20-17(24)13-5-10-23(11-6-13)15-4-3-14-16(21-15)19-8-7-18-14/h3-4,7-8,13H,5-6,9-12H2,1-2H3,(H,20,24). The van der Waals surface area contributed by atoms with Crippen LogP contribution in [0.5, 0.6) is 0 Å². The highest BCUT2D eigenvalue weighted by atomic mass is 16.1. The highest BCUT2D eigenvalue weighted by molar-refractivity contribution is 5.79. The topological polar surface area (TPSA) is 74.2 Å². The lowest BCUT2D eigenvalue weighted by Gasteiger charge is -2.32. The van der Waals surface area contributed by atoms with Gasteiger partial charge in [0, 0.05) is 44.5 Å². The second-order valence-corrected chi connectivity index (χ2v) is 6.42. The summed E-state index contributed by atoms with van der Waals surface area (Å²) in [5.41, 5.74) is 1.47. The Hall–Kier alpha value is -2.28. The fourth-order valence-corrected chi connectivity index (χ4v) is 2.94. The van der Waals surface area contributed by atoms with E-state index in [-0.39, 0.29) is 11.8 Å². The van der Waals surface area contributed by atoms with Crippen LogP contribution in [0, 0.1) is 5.92 Å². The number of aromatic nitrogens is 3. The minimum Gasteiger partial charge on any atom is -0.356 e. The zero-order chi connectivity index (χ0) is 16.9. The lowest BCUT2D eigenvalue weighted by molar-refractivity contribution is -0.125. The van der Waals surface area contributed by atoms with Crippen LogP contribution in [-0.2, 0) is 4.79 Å². The van der Waals surface area contributed by atoms with Crippen LogP contribution in [0.2, 0.25) is 0 Å². The number of pyridine rings is 1. The molecule has 3 rings (SSSR count). The van der Waals surface area contributed by atoms with E-state index in [9.17, 15) is 4.79 Å². The van der Waals surface area contributed by atoms with E-state index in [1.807, 2.05) is 26.2 Å². The van der Waals surface area contributed by atoms with E-state index in [1.165, 1.54) is 0 Å². The van der Waals surface area contributed by atoms with Crippen LogP contribution in [0.1, 0.15) is 12.8 Å². The van der Waals surface area contributed by atoms with Gasteiger partial charge in [0.25, 0.3) is 0 Å². The average molecular weight is 328 g/mol. The number of fused-ring (bicyclic) bond motifs is 1. The molecular weight excluding hydrogens is 304 g/mol. The third kappa shape index (κ3) is 3.97. The number of likely N-dealkylation sites (N-methyl/N-ethyl adjacent to an activating group) is 1. The quantitative estimate of drug-likeness (QED) is 0.880. The Morgan fingerprint density at radius 2 is 2.00 bits per heavy atom. The van der Waals surface area contributed by atoms with E-state index >= 15 is 0 Å². The zero-order valence-electron chi connectivity index (χ0n) is 14.3. The number of rotatable bonds is 5. The molecule has 1 aliphatic heterocycles. The van der Waals surface area contributed by atoms with Crippen LogP contribution in [0.4, 0.5) is 5.82 Å². The van der Waals surface area contributed by atoms with Crippen molar-refractivity contribution >= 4 is 22.9 Å². The summed E-state index contributed by atoms with van der Waals surface area (Å²) < 4.78 is 0. The number of nitrogens with one attached hydrogen (secondary N) is 1. The molecule has 128 valence electrons. The zero-order valence-corrected chi connectivity index (χ0v) is 14.3. The number of hydrogen-bond acceptors (Lipinski definition) is 6. The highest BCUT2D eigenvalue weighted by Crippen LogP contribution is 2.23. The van der Waals surface area contributed by atoms with Crippen LogP contribution >= 0.6 is 0 Å². The molecule has 3 heterocycles. The van der Waals surface area contributed by atoms with Gasteiger partial charge in [0.15, 0.2) is 5.65 Å². The molecule has 1 fully saturated rings. The van der Waals surface area contributed by atoms with Gasteiger partial charge in [-0.3, -0.25) is 9.78 Å². The van der Waals surface area contributed by atoms with E-state index in [0.29, 0.717) is 12.2 Å². The maximum absolute atomic E-state index is 12.2. The van der Waals surface area contributed by atoms with Gasteiger partial charge in [-0.05, 0) is 39.1 Å². The smallest absolute Gasteiger partial charge is 0.223 e. The van der Waals surface area contributed by atoms with Gasteiger partial charge in [-0.15, -0.1) is 0 Å². The Morgan fingerprint density at radius 3 is 2.75 bits per heavy atom. The molecule has 2 aromatic heterocycles. The number of carbonyl (C=O) groups excluding carboxylic acids is 1. The third-order valence-electron chi connectivity index (χ3n) is 4.36. The minimum atomic E-state index is 0.101. The van der Waals surface area contributed by atoms with E-state index in [1.54, 1.807) is 12.4 Å². The van der Waals surface area contributed by atoms with Crippen molar-refractivity contribution < 1.29 is 4.79 Å². The van der Waals surface area contributed by atoms with Gasteiger partial charge in [-0.25, -0.2) is 9.97 Å². The summed E-state index contributed by atoms with van der Waals surface area (Å²) in [6.07, 6.45) is 5.04. The summed E-state index contributed by atoms with van der Waals surface area (Å²) in [7, 11) is 4.01. The largest absolute Gasteiger partial charge is 0.356 e. The lowest BCUT2D eigenvalue weighted by atomic mass is 9.96. The summed E-state index contributed by atoms with van der Waals surface area (Å²) in [5.74, 6) is 1.19. The SMILES string of the molecule is CN(C)CCNC(=O)C1CCN(c2ccc3nccnc3n2)CC1. The van der Waals surface area contributed by atoms with Gasteiger partial charge in [-0.2, -0.15) is 0 Å². The minimum absolute atomic E-state index is 0.101. The Balaban J connectivity index is 1.55. The molecule has 0 aliphatic carbocycles. The molecule has 1 N–H and O–H groups in total. The third-order valence-corrected chi connectivity index (χ3v) is 4.36. The van der Waals surface area contributed by atoms with Crippen molar-refractivity contribution in [3.05, 3.63) is 24.5 Å². The number of nitrogens with zero attached hydrogens (tertiary/aromatic N) is 5. The number of carbonyl (C=O) groups is 1. The maximum Gasteiger partial charge on any atom is 0.223 e. The summed E-state index contributed by atoms with van der Waals surface area (Å²) in [6, 6.07) is 3.93. The average Bonchev–Trinajstić information content (AvgIpc) is 2.61. The summed E-state index contributed by atoms with van der Waals surface area (Å²) in [6.45, 7) is 3.25. The molecule has 0 saturated carbocycles. The molecule has 2 aromatic rings. The molecule has 0 bridgehead atoms. The first-order chi connectivity index (χ1) is 11.6. The molecule has 0 aromatic carbocycles. The second kappa shape index (κ2) is 7.53. The van der Waals surface area contributed by atoms with Gasteiger partial charge in [-0.1, -0.05) is 0 Å². The molecule has 7 nitrogen and oxygen atoms in total. The van der Waals surface area contributed by atoms with Crippen LogP contribution in [0.3, 0.4) is 0 Å². The predicted octanol–water partition coefficient (Wildman–Crippen LogP) is 0.919. The summed E-state index contributed by atoms with van der Waals surface area (Å²) >= 11 is 0. The highest BCUT2D eigenvalue weighted by Gasteiger charge is 2.25. The van der Waals surface area contributed by atoms with Gasteiger partial charge in [0.2, 0.25) is 5.91 Å². The first-order valence-corrected chi connectivity index (χ1v) is 8.38. The molecule has 0 spiro atoms. The first-order valence-electron chi connectivity index (χ1n) is 8.38. The van der Waals surface area contributed by atoms with Gasteiger partial charge < -0.3 is 15.1 Å². The first kappa shape index (κ1) is 16.6. The van der Waals surface area contributed by atoms with E-state index in [2.05, 4.69) is 30.1 Å². The van der Waals surface area contributed by atoms with Crippen molar-refractivity contribution in [3.63, 3.8) is 0 Å². The molecule has 1 aliphatic rings. The molecule has 24 heavy (non-hydrogen) atoms. The molecule has 0 atom stereocenters. The monoisotopic (exact) mass is 328 g/mol. The van der Waals surface area contributed by atoms with E-state index in [4.69, 9.17) is 0 Å². The number of anilines is 1. The number of amides is 1. The van der Waals surface area contributed by atoms with Gasteiger partial charge in [0.05, 0.1) is 0 Å². The summed E-state index contributed by atoms with van der Waals surface area (Å²) in [4.78, 5) is 29.6. The Kier molecular flexibility index (Phi) is 5.20. The van der Waals surface area contributed by atoms with Crippen molar-refractivity contribution in [3.8, 4) is 0 Å². The van der Waals surface area contributed by atoms with Crippen LogP contribution in [0.25, 0.3) is 11.2 Å². The van der Waals surface area contributed by atoms with Crippen molar-refractivity contribution in [2.24, 2.45) is 5.92 Å². The second-order valence-electron chi connectivity index (χ2n) is 6.42. The van der Waals surface area contributed by atoms with Crippen molar-refractivity contribution in [2.75, 3.05) is 45.2 Å². The predicted molar refractivity (Wildman–Crippen MR) is 93.8 cm³/mol. The Morgan fingerprint density at radius 1 is 1.25 bits per heavy atom. The maximum atomic E-state index is 12.2. The lowest BCUT2D eigenvalue weighted by Crippen LogP contribution is -2.42. The molecule has 0 radical (unpaired) electrons. The van der Waals surface area contributed by atoms with Crippen molar-refractivity contribution in [1.82, 2.24) is 25.2 Å². The molecule has 1 amide bonds. The van der Waals surface area contributed by atoms with Gasteiger partial charge >= 0.3 is 0 Å². The molecule has 1 saturated heterocycles. The Labute approximate surface area is 142 Å². The fourth-order valence-electron chi connectivity index (χ4n) is 2.94. The van der Waals surface area contributed by atoms with Crippen LogP contribution in [-0.4, -0.2) is 66.0 Å². The number of hydrogen-bond donors (Lipinski definition) is 1. The van der Waals surface area contributed by atoms with Crippen molar-refractivity contribution in [2.45, 2.75) is 12.8 Å². The van der Waals surface area contributed by atoms with E-state index in [0.717, 1.165) is 43.8 Å². The Bertz CT molecular complexity index is 696. The molecule has 7 heteroatoms. The fraction of sp³-hybridized carbons (Fsp3) is 0.529. The van der Waals surface area contributed by atoms with Crippen LogP contribution in [0.15, 0.2) is 24.5 Å². The van der Waals surface area contributed by atoms with Crippen LogP contribution < -0.4 is 10.2 Å². The van der Waals surface area contributed by atoms with Crippen molar-refractivity contribution in [1.29, 1.82) is 0 Å². The molecule has 0 unspecified atom stereocenters. The molecular formula is C17H24N6O. The van der Waals surface area contributed by atoms with Gasteiger partial charge in [0.1, 0.15) is 11.3 Å². The number of piperidine rings is 1. The summed E-state index contributed by atoms with van der Waals surface area (Å²) in [5, 5.41) is 3.03. The van der Waals surface area contributed by atoms with E-state index < -0.39 is 0 Å².